The lowest BCUT2D eigenvalue weighted by molar-refractivity contribution is -0.113. The number of aromatic nitrogens is 4. The zero-order valence-corrected chi connectivity index (χ0v) is 18.8. The maximum absolute atomic E-state index is 12.6. The van der Waals surface area contributed by atoms with Crippen molar-refractivity contribution >= 4 is 34.3 Å². The largest absolute Gasteiger partial charge is 0.492 e. The second kappa shape index (κ2) is 10.3. The van der Waals surface area contributed by atoms with Crippen LogP contribution < -0.4 is 10.1 Å². The number of thioether (sulfide) groups is 1. The van der Waals surface area contributed by atoms with Gasteiger partial charge in [-0.25, -0.2) is 0 Å². The Balaban J connectivity index is 1.52. The number of aromatic amines is 1. The minimum absolute atomic E-state index is 0.142. The first-order chi connectivity index (χ1) is 15.7. The van der Waals surface area contributed by atoms with Crippen molar-refractivity contribution in [1.29, 1.82) is 0 Å². The maximum atomic E-state index is 12.6. The molecule has 0 unspecified atom stereocenters. The Bertz CT molecular complexity index is 1200. The van der Waals surface area contributed by atoms with E-state index >= 15 is 0 Å². The molecule has 2 heterocycles. The number of H-pyrrole nitrogens is 1. The lowest BCUT2D eigenvalue weighted by Gasteiger charge is -2.11. The van der Waals surface area contributed by atoms with Crippen LogP contribution in [0.25, 0.3) is 22.3 Å². The maximum Gasteiger partial charge on any atom is 0.234 e. The second-order valence-corrected chi connectivity index (χ2v) is 7.91. The number of fused-ring (bicyclic) bond motifs is 1. The topological polar surface area (TPSA) is 94.1 Å². The molecule has 32 heavy (non-hydrogen) atoms. The van der Waals surface area contributed by atoms with Gasteiger partial charge in [0.15, 0.2) is 11.0 Å². The summed E-state index contributed by atoms with van der Waals surface area (Å²) in [4.78, 5) is 15.9. The Kier molecular flexibility index (Phi) is 7.08. The van der Waals surface area contributed by atoms with Crippen LogP contribution in [0.5, 0.6) is 5.75 Å². The van der Waals surface area contributed by atoms with Crippen LogP contribution in [0.3, 0.4) is 0 Å². The Morgan fingerprint density at radius 2 is 1.97 bits per heavy atom. The Hall–Kier alpha value is -3.30. The number of methoxy groups -OCH3 is 1. The highest BCUT2D eigenvalue weighted by atomic mass is 32.2. The highest BCUT2D eigenvalue weighted by Crippen LogP contribution is 2.30. The second-order valence-electron chi connectivity index (χ2n) is 6.96. The molecule has 8 nitrogen and oxygen atoms in total. The molecule has 0 fully saturated rings. The van der Waals surface area contributed by atoms with Gasteiger partial charge in [-0.15, -0.1) is 10.2 Å². The molecule has 0 bridgehead atoms. The predicted molar refractivity (Wildman–Crippen MR) is 126 cm³/mol. The lowest BCUT2D eigenvalue weighted by Crippen LogP contribution is -2.16. The van der Waals surface area contributed by atoms with Crippen LogP contribution in [0.15, 0.2) is 59.9 Å². The van der Waals surface area contributed by atoms with Crippen molar-refractivity contribution in [3.63, 3.8) is 0 Å². The number of hydrogen-bond acceptors (Lipinski definition) is 6. The van der Waals surface area contributed by atoms with Gasteiger partial charge in [0, 0.05) is 29.8 Å². The number of hydrogen-bond donors (Lipinski definition) is 2. The van der Waals surface area contributed by atoms with Crippen LogP contribution in [-0.2, 0) is 16.1 Å². The first kappa shape index (κ1) is 21.9. The van der Waals surface area contributed by atoms with Gasteiger partial charge < -0.3 is 19.8 Å². The lowest BCUT2D eigenvalue weighted by atomic mass is 10.1. The van der Waals surface area contributed by atoms with Crippen LogP contribution >= 0.6 is 11.8 Å². The van der Waals surface area contributed by atoms with Crippen LogP contribution in [0.2, 0.25) is 0 Å². The zero-order valence-electron chi connectivity index (χ0n) is 18.0. The van der Waals surface area contributed by atoms with Crippen LogP contribution in [0.1, 0.15) is 6.92 Å². The molecule has 0 saturated heterocycles. The molecule has 166 valence electrons. The SMILES string of the molecule is CCOc1ccccc1NC(=O)CSc1nnc(-c2c[nH]c3ccccc23)n1CCOC. The molecule has 0 spiro atoms. The Morgan fingerprint density at radius 1 is 1.16 bits per heavy atom. The highest BCUT2D eigenvalue weighted by molar-refractivity contribution is 7.99. The third-order valence-corrected chi connectivity index (χ3v) is 5.83. The van der Waals surface area contributed by atoms with E-state index in [9.17, 15) is 4.79 Å². The van der Waals surface area contributed by atoms with Crippen molar-refractivity contribution in [2.24, 2.45) is 0 Å². The number of nitrogens with zero attached hydrogens (tertiary/aromatic N) is 3. The molecular formula is C23H25N5O3S. The number of benzene rings is 2. The molecule has 0 aliphatic carbocycles. The summed E-state index contributed by atoms with van der Waals surface area (Å²) in [5, 5.41) is 13.4. The molecular weight excluding hydrogens is 426 g/mol. The fourth-order valence-corrected chi connectivity index (χ4v) is 4.17. The Morgan fingerprint density at radius 3 is 2.81 bits per heavy atom. The summed E-state index contributed by atoms with van der Waals surface area (Å²) in [7, 11) is 1.66. The van der Waals surface area contributed by atoms with Crippen LogP contribution in [-0.4, -0.2) is 51.7 Å². The molecule has 2 N–H and O–H groups in total. The molecule has 0 aliphatic heterocycles. The minimum Gasteiger partial charge on any atom is -0.492 e. The summed E-state index contributed by atoms with van der Waals surface area (Å²) in [6, 6.07) is 15.4. The number of amides is 1. The molecule has 0 aliphatic rings. The number of ether oxygens (including phenoxy) is 2. The van der Waals surface area contributed by atoms with Gasteiger partial charge in [-0.2, -0.15) is 0 Å². The number of carbonyl (C=O) groups is 1. The van der Waals surface area contributed by atoms with E-state index < -0.39 is 0 Å². The standard InChI is InChI=1S/C23H25N5O3S/c1-3-31-20-11-7-6-10-19(20)25-21(29)15-32-23-27-26-22(28(23)12-13-30-2)17-14-24-18-9-5-4-8-16(17)18/h4-11,14,24H,3,12-13,15H2,1-2H3,(H,25,29). The molecule has 4 rings (SSSR count). The van der Waals surface area contributed by atoms with Gasteiger partial charge in [0.2, 0.25) is 5.91 Å². The third-order valence-electron chi connectivity index (χ3n) is 4.86. The van der Waals surface area contributed by atoms with Crippen molar-refractivity contribution in [1.82, 2.24) is 19.7 Å². The minimum atomic E-state index is -0.142. The average molecular weight is 452 g/mol. The molecule has 2 aromatic heterocycles. The van der Waals surface area contributed by atoms with E-state index in [0.29, 0.717) is 36.4 Å². The van der Waals surface area contributed by atoms with E-state index in [1.54, 1.807) is 7.11 Å². The summed E-state index contributed by atoms with van der Waals surface area (Å²) < 4.78 is 12.9. The van der Waals surface area contributed by atoms with Crippen molar-refractivity contribution in [3.05, 3.63) is 54.7 Å². The van der Waals surface area contributed by atoms with Crippen LogP contribution in [0.4, 0.5) is 5.69 Å². The van der Waals surface area contributed by atoms with Gasteiger partial charge in [-0.3, -0.25) is 9.36 Å². The number of para-hydroxylation sites is 3. The van der Waals surface area contributed by atoms with Gasteiger partial charge in [0.05, 0.1) is 31.2 Å². The molecule has 9 heteroatoms. The summed E-state index contributed by atoms with van der Waals surface area (Å²) >= 11 is 1.34. The summed E-state index contributed by atoms with van der Waals surface area (Å²) in [5.74, 6) is 1.44. The zero-order chi connectivity index (χ0) is 22.3. The van der Waals surface area contributed by atoms with E-state index in [0.717, 1.165) is 22.3 Å². The van der Waals surface area contributed by atoms with E-state index in [4.69, 9.17) is 9.47 Å². The summed E-state index contributed by atoms with van der Waals surface area (Å²) in [6.45, 7) is 3.53. The normalized spacial score (nSPS) is 11.1. The van der Waals surface area contributed by atoms with E-state index in [2.05, 4.69) is 20.5 Å². The van der Waals surface area contributed by atoms with Crippen molar-refractivity contribution in [2.45, 2.75) is 18.6 Å². The summed E-state index contributed by atoms with van der Waals surface area (Å²) in [5.41, 5.74) is 2.65. The van der Waals surface area contributed by atoms with E-state index in [-0.39, 0.29) is 11.7 Å². The molecule has 0 saturated carbocycles. The number of carbonyl (C=O) groups excluding carboxylic acids is 1. The number of nitrogens with one attached hydrogen (secondary N) is 2. The summed E-state index contributed by atoms with van der Waals surface area (Å²) in [6.07, 6.45) is 1.93. The van der Waals surface area contributed by atoms with Crippen LogP contribution in [0, 0.1) is 0 Å². The average Bonchev–Trinajstić information content (AvgIpc) is 3.41. The fraction of sp³-hybridized carbons (Fsp3) is 0.261. The molecule has 2 aromatic carbocycles. The van der Waals surface area contributed by atoms with Gasteiger partial charge >= 0.3 is 0 Å². The van der Waals surface area contributed by atoms with Gasteiger partial charge in [-0.05, 0) is 25.1 Å². The van der Waals surface area contributed by atoms with Crippen molar-refractivity contribution in [2.75, 3.05) is 31.4 Å². The first-order valence-corrected chi connectivity index (χ1v) is 11.3. The highest BCUT2D eigenvalue weighted by Gasteiger charge is 2.18. The predicted octanol–water partition coefficient (Wildman–Crippen LogP) is 4.20. The Labute approximate surface area is 190 Å². The quantitative estimate of drug-likeness (QED) is 0.351. The molecule has 0 radical (unpaired) electrons. The van der Waals surface area contributed by atoms with Gasteiger partial charge in [0.1, 0.15) is 5.75 Å². The number of anilines is 1. The first-order valence-electron chi connectivity index (χ1n) is 10.3. The number of rotatable bonds is 10. The third kappa shape index (κ3) is 4.79. The molecule has 4 aromatic rings. The van der Waals surface area contributed by atoms with Gasteiger partial charge in [-0.1, -0.05) is 42.1 Å². The van der Waals surface area contributed by atoms with E-state index in [1.165, 1.54) is 11.8 Å². The van der Waals surface area contributed by atoms with E-state index in [1.807, 2.05) is 66.2 Å². The fourth-order valence-electron chi connectivity index (χ4n) is 3.40. The monoisotopic (exact) mass is 451 g/mol. The molecule has 1 amide bonds. The molecule has 0 atom stereocenters. The van der Waals surface area contributed by atoms with Gasteiger partial charge in [0.25, 0.3) is 0 Å². The smallest absolute Gasteiger partial charge is 0.234 e. The van der Waals surface area contributed by atoms with Crippen molar-refractivity contribution < 1.29 is 14.3 Å². The van der Waals surface area contributed by atoms with Crippen molar-refractivity contribution in [3.8, 4) is 17.1 Å².